The Morgan fingerprint density at radius 1 is 0.895 bits per heavy atom. The molecule has 2 heteroatoms. The van der Waals surface area contributed by atoms with Crippen LogP contribution in [0.15, 0.2) is 42.5 Å². The number of hydrogen-bond acceptors (Lipinski definition) is 0. The first kappa shape index (κ1) is 14.0. The predicted octanol–water partition coefficient (Wildman–Crippen LogP) is 5.60. The molecule has 0 aliphatic rings. The van der Waals surface area contributed by atoms with Gasteiger partial charge in [-0.1, -0.05) is 48.9 Å². The fourth-order valence-electron chi connectivity index (χ4n) is 2.44. The van der Waals surface area contributed by atoms with Crippen LogP contribution in [0.25, 0.3) is 10.8 Å². The summed E-state index contributed by atoms with van der Waals surface area (Å²) in [5, 5.41) is 2.53. The summed E-state index contributed by atoms with van der Waals surface area (Å²) in [6.07, 6.45) is 3.42. The largest absolute Gasteiger partial charge is 0.245 e. The summed E-state index contributed by atoms with van der Waals surface area (Å²) in [6, 6.07) is 14.6. The molecule has 0 saturated heterocycles. The Morgan fingerprint density at radius 3 is 2.42 bits per heavy atom. The minimum atomic E-state index is -2.51. The van der Waals surface area contributed by atoms with Crippen LogP contribution < -0.4 is 0 Å². The molecule has 2 aromatic rings. The quantitative estimate of drug-likeness (QED) is 0.594. The predicted molar refractivity (Wildman–Crippen MR) is 76.7 cm³/mol. The van der Waals surface area contributed by atoms with Crippen molar-refractivity contribution in [3.63, 3.8) is 0 Å². The number of fused-ring (bicyclic) bond motifs is 1. The van der Waals surface area contributed by atoms with Crippen LogP contribution in [0.4, 0.5) is 8.78 Å². The van der Waals surface area contributed by atoms with Crippen LogP contribution in [0.2, 0.25) is 0 Å². The third-order valence-electron chi connectivity index (χ3n) is 3.44. The lowest BCUT2D eigenvalue weighted by molar-refractivity contribution is 0.0104. The van der Waals surface area contributed by atoms with E-state index >= 15 is 0 Å². The molecule has 2 rings (SSSR count). The SMILES string of the molecule is CC(F)(F)CCCCCc1cccc2ccccc12. The maximum absolute atomic E-state index is 12.7. The molecule has 0 aliphatic heterocycles. The van der Waals surface area contributed by atoms with Gasteiger partial charge in [0.05, 0.1) is 0 Å². The van der Waals surface area contributed by atoms with Crippen molar-refractivity contribution in [1.82, 2.24) is 0 Å². The molecular weight excluding hydrogens is 242 g/mol. The number of aryl methyl sites for hydroxylation is 1. The fraction of sp³-hybridized carbons (Fsp3) is 0.412. The molecule has 0 nitrogen and oxygen atoms in total. The topological polar surface area (TPSA) is 0 Å². The van der Waals surface area contributed by atoms with Crippen molar-refractivity contribution in [2.75, 3.05) is 0 Å². The van der Waals surface area contributed by atoms with E-state index in [0.29, 0.717) is 6.42 Å². The molecule has 19 heavy (non-hydrogen) atoms. The van der Waals surface area contributed by atoms with Crippen LogP contribution >= 0.6 is 0 Å². The first-order chi connectivity index (χ1) is 9.06. The summed E-state index contributed by atoms with van der Waals surface area (Å²) in [4.78, 5) is 0. The van der Waals surface area contributed by atoms with Gasteiger partial charge in [0.25, 0.3) is 0 Å². The second kappa shape index (κ2) is 6.14. The van der Waals surface area contributed by atoms with E-state index in [4.69, 9.17) is 0 Å². The zero-order valence-electron chi connectivity index (χ0n) is 11.3. The Hall–Kier alpha value is -1.44. The van der Waals surface area contributed by atoms with Crippen molar-refractivity contribution < 1.29 is 8.78 Å². The number of rotatable bonds is 6. The molecule has 0 N–H and O–H groups in total. The summed E-state index contributed by atoms with van der Waals surface area (Å²) < 4.78 is 25.4. The Morgan fingerprint density at radius 2 is 1.63 bits per heavy atom. The molecule has 0 aliphatic carbocycles. The normalized spacial score (nSPS) is 11.9. The number of hydrogen-bond donors (Lipinski definition) is 0. The minimum absolute atomic E-state index is 0.00252. The maximum Gasteiger partial charge on any atom is 0.245 e. The second-order valence-electron chi connectivity index (χ2n) is 5.27. The van der Waals surface area contributed by atoms with Crippen LogP contribution in [0.5, 0.6) is 0 Å². The summed E-state index contributed by atoms with van der Waals surface area (Å²) in [7, 11) is 0. The smallest absolute Gasteiger partial charge is 0.207 e. The molecule has 0 spiro atoms. The van der Waals surface area contributed by atoms with Gasteiger partial charge in [-0.2, -0.15) is 0 Å². The molecule has 0 bridgehead atoms. The first-order valence-electron chi connectivity index (χ1n) is 6.91. The van der Waals surface area contributed by atoms with Crippen molar-refractivity contribution in [3.8, 4) is 0 Å². The standard InChI is InChI=1S/C17H20F2/c1-17(18,19)13-6-2-3-8-14-10-7-11-15-9-4-5-12-16(14)15/h4-5,7,9-12H,2-3,6,8,13H2,1H3. The lowest BCUT2D eigenvalue weighted by Gasteiger charge is -2.10. The van der Waals surface area contributed by atoms with Crippen LogP contribution in [0.3, 0.4) is 0 Å². The number of alkyl halides is 2. The lowest BCUT2D eigenvalue weighted by atomic mass is 9.99. The number of benzene rings is 2. The molecule has 0 aromatic heterocycles. The third-order valence-corrected chi connectivity index (χ3v) is 3.44. The monoisotopic (exact) mass is 262 g/mol. The van der Waals surface area contributed by atoms with Gasteiger partial charge in [-0.3, -0.25) is 0 Å². The van der Waals surface area contributed by atoms with Gasteiger partial charge in [0.1, 0.15) is 0 Å². The van der Waals surface area contributed by atoms with E-state index in [0.717, 1.165) is 26.2 Å². The zero-order valence-corrected chi connectivity index (χ0v) is 11.3. The van der Waals surface area contributed by atoms with E-state index < -0.39 is 5.92 Å². The molecule has 0 atom stereocenters. The molecule has 0 saturated carbocycles. The highest BCUT2D eigenvalue weighted by atomic mass is 19.3. The van der Waals surface area contributed by atoms with Crippen LogP contribution in [0, 0.1) is 0 Å². The van der Waals surface area contributed by atoms with E-state index in [9.17, 15) is 8.78 Å². The van der Waals surface area contributed by atoms with Gasteiger partial charge in [0, 0.05) is 6.42 Å². The first-order valence-corrected chi connectivity index (χ1v) is 6.91. The van der Waals surface area contributed by atoms with Gasteiger partial charge in [0.15, 0.2) is 0 Å². The highest BCUT2D eigenvalue weighted by molar-refractivity contribution is 5.85. The molecule has 2 aromatic carbocycles. The van der Waals surface area contributed by atoms with Gasteiger partial charge in [-0.15, -0.1) is 0 Å². The van der Waals surface area contributed by atoms with Gasteiger partial charge >= 0.3 is 0 Å². The van der Waals surface area contributed by atoms with Crippen molar-refractivity contribution in [2.24, 2.45) is 0 Å². The molecule has 0 fully saturated rings. The second-order valence-corrected chi connectivity index (χ2v) is 5.27. The van der Waals surface area contributed by atoms with Crippen molar-refractivity contribution in [1.29, 1.82) is 0 Å². The Labute approximate surface area is 113 Å². The molecule has 0 radical (unpaired) electrons. The van der Waals surface area contributed by atoms with Crippen LogP contribution in [-0.4, -0.2) is 5.92 Å². The van der Waals surface area contributed by atoms with Crippen molar-refractivity contribution >= 4 is 10.8 Å². The average Bonchev–Trinajstić information content (AvgIpc) is 2.37. The van der Waals surface area contributed by atoms with Gasteiger partial charge in [-0.05, 0) is 42.5 Å². The van der Waals surface area contributed by atoms with E-state index in [-0.39, 0.29) is 6.42 Å². The minimum Gasteiger partial charge on any atom is -0.207 e. The number of halogens is 2. The zero-order chi connectivity index (χ0) is 13.7. The molecule has 0 amide bonds. The summed E-state index contributed by atoms with van der Waals surface area (Å²) in [5.41, 5.74) is 1.32. The van der Waals surface area contributed by atoms with E-state index in [1.165, 1.54) is 16.3 Å². The molecule has 102 valence electrons. The Balaban J connectivity index is 1.88. The van der Waals surface area contributed by atoms with E-state index in [1.54, 1.807) is 0 Å². The summed E-state index contributed by atoms with van der Waals surface area (Å²) >= 11 is 0. The molecule has 0 unspecified atom stereocenters. The fourth-order valence-corrected chi connectivity index (χ4v) is 2.44. The number of unbranched alkanes of at least 4 members (excludes halogenated alkanes) is 2. The van der Waals surface area contributed by atoms with E-state index in [2.05, 4.69) is 30.3 Å². The van der Waals surface area contributed by atoms with Gasteiger partial charge in [-0.25, -0.2) is 8.78 Å². The maximum atomic E-state index is 12.7. The van der Waals surface area contributed by atoms with Gasteiger partial charge in [0.2, 0.25) is 5.92 Å². The van der Waals surface area contributed by atoms with Crippen molar-refractivity contribution in [3.05, 3.63) is 48.0 Å². The lowest BCUT2D eigenvalue weighted by Crippen LogP contribution is -2.08. The molecular formula is C17H20F2. The third kappa shape index (κ3) is 4.30. The highest BCUT2D eigenvalue weighted by Gasteiger charge is 2.19. The highest BCUT2D eigenvalue weighted by Crippen LogP contribution is 2.23. The summed E-state index contributed by atoms with van der Waals surface area (Å²) in [5.74, 6) is -2.51. The summed E-state index contributed by atoms with van der Waals surface area (Å²) in [6.45, 7) is 0.998. The average molecular weight is 262 g/mol. The molecule has 0 heterocycles. The van der Waals surface area contributed by atoms with Crippen LogP contribution in [0.1, 0.15) is 38.2 Å². The van der Waals surface area contributed by atoms with Crippen LogP contribution in [-0.2, 0) is 6.42 Å². The van der Waals surface area contributed by atoms with Gasteiger partial charge < -0.3 is 0 Å². The Kier molecular flexibility index (Phi) is 4.52. The Bertz CT molecular complexity index is 521. The van der Waals surface area contributed by atoms with E-state index in [1.807, 2.05) is 12.1 Å². The van der Waals surface area contributed by atoms with Crippen molar-refractivity contribution in [2.45, 2.75) is 45.0 Å².